The van der Waals surface area contributed by atoms with Gasteiger partial charge in [-0.3, -0.25) is 4.99 Å². The molecule has 0 radical (unpaired) electrons. The third-order valence-electron chi connectivity index (χ3n) is 10.0. The normalized spacial score (nSPS) is 13.4. The van der Waals surface area contributed by atoms with Gasteiger partial charge in [-0.15, -0.1) is 4.57 Å². The molecule has 0 saturated carbocycles. The molecule has 7 N–H and O–H groups in total. The number of rotatable bonds is 15. The van der Waals surface area contributed by atoms with Gasteiger partial charge in [0.2, 0.25) is 16.7 Å². The molecule has 1 aromatic heterocycles. The Balaban J connectivity index is 0.836. The Bertz CT molecular complexity index is 2330. The first-order chi connectivity index (χ1) is 26.4. The van der Waals surface area contributed by atoms with Crippen molar-refractivity contribution in [2.45, 2.75) is 58.8 Å². The summed E-state index contributed by atoms with van der Waals surface area (Å²) in [4.78, 5) is 9.98. The van der Waals surface area contributed by atoms with Gasteiger partial charge in [0, 0.05) is 77.9 Å². The van der Waals surface area contributed by atoms with Gasteiger partial charge in [0.25, 0.3) is 0 Å². The van der Waals surface area contributed by atoms with Crippen molar-refractivity contribution in [3.63, 3.8) is 0 Å². The van der Waals surface area contributed by atoms with Crippen LogP contribution in [-0.2, 0) is 0 Å². The molecule has 5 aromatic carbocycles. The summed E-state index contributed by atoms with van der Waals surface area (Å²) in [7, 11) is 0. The SMILES string of the molecule is Cc1cc(N=C2C=CC(NCCCCCCCCNc3ccc4nc5cc(C)c(N)cc5[n+](-c5ccccc5)c4c3)=CC2)c(Nc2ccccc2)cc1N. The average molecular weight is 716 g/mol. The molecule has 0 atom stereocenters. The highest BCUT2D eigenvalue weighted by Gasteiger charge is 2.21. The minimum atomic E-state index is 0.753. The van der Waals surface area contributed by atoms with E-state index in [2.05, 4.69) is 93.3 Å². The van der Waals surface area contributed by atoms with E-state index in [9.17, 15) is 0 Å². The van der Waals surface area contributed by atoms with Crippen molar-refractivity contribution in [2.24, 2.45) is 4.99 Å². The van der Waals surface area contributed by atoms with E-state index in [1.807, 2.05) is 62.4 Å². The van der Waals surface area contributed by atoms with Crippen LogP contribution < -0.4 is 32.0 Å². The number of nitrogens with zero attached hydrogens (tertiary/aromatic N) is 3. The van der Waals surface area contributed by atoms with Crippen molar-refractivity contribution in [1.82, 2.24) is 10.3 Å². The summed E-state index contributed by atoms with van der Waals surface area (Å²) in [5.41, 5.74) is 27.3. The van der Waals surface area contributed by atoms with Crippen LogP contribution in [0, 0.1) is 13.8 Å². The Kier molecular flexibility index (Phi) is 11.5. The summed E-state index contributed by atoms with van der Waals surface area (Å²) >= 11 is 0. The number of allylic oxidation sites excluding steroid dienone is 3. The predicted molar refractivity (Wildman–Crippen MR) is 228 cm³/mol. The Morgan fingerprint density at radius 2 is 1.31 bits per heavy atom. The highest BCUT2D eigenvalue weighted by atomic mass is 15.0. The fourth-order valence-electron chi connectivity index (χ4n) is 6.89. The Morgan fingerprint density at radius 3 is 2.06 bits per heavy atom. The number of nitrogens with two attached hydrogens (primary N) is 2. The van der Waals surface area contributed by atoms with E-state index in [1.165, 1.54) is 31.4 Å². The number of hydrogen-bond acceptors (Lipinski definition) is 7. The van der Waals surface area contributed by atoms with E-state index in [0.717, 1.165) is 111 Å². The Hall–Kier alpha value is -6.15. The quantitative estimate of drug-likeness (QED) is 0.0313. The molecule has 54 heavy (non-hydrogen) atoms. The second kappa shape index (κ2) is 17.1. The minimum Gasteiger partial charge on any atom is -0.398 e. The molecule has 7 rings (SSSR count). The fourth-order valence-corrected chi connectivity index (χ4v) is 6.89. The molecule has 1 aliphatic carbocycles. The molecule has 8 heteroatoms. The van der Waals surface area contributed by atoms with Crippen LogP contribution in [0.3, 0.4) is 0 Å². The number of fused-ring (bicyclic) bond motifs is 2. The van der Waals surface area contributed by atoms with E-state index in [-0.39, 0.29) is 0 Å². The first kappa shape index (κ1) is 36.2. The van der Waals surface area contributed by atoms with Crippen molar-refractivity contribution < 1.29 is 4.57 Å². The third-order valence-corrected chi connectivity index (χ3v) is 10.0. The maximum Gasteiger partial charge on any atom is 0.239 e. The summed E-state index contributed by atoms with van der Waals surface area (Å²) in [6, 6.07) is 35.2. The summed E-state index contributed by atoms with van der Waals surface area (Å²) in [6.45, 7) is 5.98. The van der Waals surface area contributed by atoms with Gasteiger partial charge in [-0.25, -0.2) is 4.98 Å². The largest absolute Gasteiger partial charge is 0.398 e. The van der Waals surface area contributed by atoms with Gasteiger partial charge in [0.15, 0.2) is 0 Å². The lowest BCUT2D eigenvalue weighted by Gasteiger charge is -2.15. The molecule has 0 fully saturated rings. The molecule has 0 spiro atoms. The van der Waals surface area contributed by atoms with Crippen molar-refractivity contribution in [2.75, 3.05) is 35.2 Å². The van der Waals surface area contributed by atoms with E-state index in [0.29, 0.717) is 0 Å². The number of hydrogen-bond donors (Lipinski definition) is 5. The summed E-state index contributed by atoms with van der Waals surface area (Å²) in [5, 5.41) is 10.7. The number of unbranched alkanes of at least 4 members (excludes halogenated alkanes) is 5. The number of aromatic nitrogens is 2. The molecule has 0 saturated heterocycles. The average Bonchev–Trinajstić information content (AvgIpc) is 3.18. The van der Waals surface area contributed by atoms with Crippen LogP contribution in [0.4, 0.5) is 34.1 Å². The standard InChI is InChI=1S/C46H50N8/c1-32-27-42(43(30-39(32)47)51-35-15-9-7-10-16-35)52-36-21-19-34(20-22-36)49-25-13-5-3-4-6-14-26-50-37-23-24-41-45(29-37)54(38-17-11-8-12-18-38)46-31-40(48)33(2)28-44(46)53-41/h7-12,15-21,23-24,27-31,49,51H,3-6,13-14,22,25-26,47H2,1-2H3,(H2,48,50)/p+1. The lowest BCUT2D eigenvalue weighted by Crippen LogP contribution is -2.33. The van der Waals surface area contributed by atoms with Crippen molar-refractivity contribution in [3.8, 4) is 5.69 Å². The molecule has 0 bridgehead atoms. The van der Waals surface area contributed by atoms with Gasteiger partial charge in [-0.1, -0.05) is 68.2 Å². The first-order valence-electron chi connectivity index (χ1n) is 19.2. The zero-order valence-electron chi connectivity index (χ0n) is 31.4. The predicted octanol–water partition coefficient (Wildman–Crippen LogP) is 10.1. The maximum atomic E-state index is 6.36. The van der Waals surface area contributed by atoms with E-state index in [1.54, 1.807) is 0 Å². The number of nitrogen functional groups attached to an aromatic ring is 2. The van der Waals surface area contributed by atoms with E-state index >= 15 is 0 Å². The van der Waals surface area contributed by atoms with Crippen molar-refractivity contribution in [3.05, 3.63) is 138 Å². The van der Waals surface area contributed by atoms with Crippen LogP contribution in [0.25, 0.3) is 27.8 Å². The topological polar surface area (TPSA) is 117 Å². The highest BCUT2D eigenvalue weighted by molar-refractivity contribution is 6.00. The van der Waals surface area contributed by atoms with Gasteiger partial charge < -0.3 is 27.4 Å². The molecule has 0 amide bonds. The van der Waals surface area contributed by atoms with Gasteiger partial charge >= 0.3 is 0 Å². The van der Waals surface area contributed by atoms with Crippen LogP contribution in [-0.4, -0.2) is 23.8 Å². The highest BCUT2D eigenvalue weighted by Crippen LogP contribution is 2.33. The van der Waals surface area contributed by atoms with Crippen LogP contribution in [0.2, 0.25) is 0 Å². The molecule has 6 aromatic rings. The van der Waals surface area contributed by atoms with Crippen LogP contribution in [0.15, 0.2) is 132 Å². The van der Waals surface area contributed by atoms with E-state index < -0.39 is 0 Å². The summed E-state index contributed by atoms with van der Waals surface area (Å²) in [6.07, 6.45) is 14.5. The number of para-hydroxylation sites is 2. The van der Waals surface area contributed by atoms with Crippen molar-refractivity contribution in [1.29, 1.82) is 0 Å². The van der Waals surface area contributed by atoms with Gasteiger partial charge in [-0.2, -0.15) is 0 Å². The first-order valence-corrected chi connectivity index (χ1v) is 19.2. The number of benzene rings is 5. The Morgan fingerprint density at radius 1 is 0.648 bits per heavy atom. The maximum absolute atomic E-state index is 6.36. The summed E-state index contributed by atoms with van der Waals surface area (Å²) in [5.74, 6) is 0. The Labute approximate surface area is 318 Å². The van der Waals surface area contributed by atoms with Gasteiger partial charge in [0.05, 0.1) is 11.4 Å². The van der Waals surface area contributed by atoms with Crippen LogP contribution in [0.5, 0.6) is 0 Å². The smallest absolute Gasteiger partial charge is 0.239 e. The molecule has 8 nitrogen and oxygen atoms in total. The van der Waals surface area contributed by atoms with Crippen LogP contribution in [0.1, 0.15) is 56.1 Å². The van der Waals surface area contributed by atoms with E-state index in [4.69, 9.17) is 21.4 Å². The number of aryl methyl sites for hydroxylation is 2. The molecular formula is C46H51N8+. The lowest BCUT2D eigenvalue weighted by molar-refractivity contribution is -0.538. The molecule has 0 unspecified atom stereocenters. The van der Waals surface area contributed by atoms with Crippen molar-refractivity contribution >= 4 is 61.9 Å². The molecular weight excluding hydrogens is 665 g/mol. The molecule has 0 aliphatic heterocycles. The van der Waals surface area contributed by atoms with Gasteiger partial charge in [-0.05, 0) is 92.4 Å². The van der Waals surface area contributed by atoms with Crippen LogP contribution >= 0.6 is 0 Å². The number of aliphatic imine (C=N–C) groups is 1. The third kappa shape index (κ3) is 8.89. The monoisotopic (exact) mass is 715 g/mol. The number of nitrogens with one attached hydrogen (secondary N) is 3. The molecule has 1 heterocycles. The molecule has 274 valence electrons. The second-order valence-electron chi connectivity index (χ2n) is 14.2. The van der Waals surface area contributed by atoms with Gasteiger partial charge in [0.1, 0.15) is 11.0 Å². The fraction of sp³-hybridized carbons (Fsp3) is 0.239. The minimum absolute atomic E-state index is 0.753. The second-order valence-corrected chi connectivity index (χ2v) is 14.2. The number of anilines is 5. The molecule has 1 aliphatic rings. The zero-order valence-corrected chi connectivity index (χ0v) is 31.4. The zero-order chi connectivity index (χ0) is 37.3. The lowest BCUT2D eigenvalue weighted by atomic mass is 10.1. The summed E-state index contributed by atoms with van der Waals surface area (Å²) < 4.78 is 2.27.